The molecule has 2 aromatic heterocycles. The average molecular weight is 248 g/mol. The number of nitrogens with two attached hydrogens (primary N) is 1. The maximum absolute atomic E-state index is 5.60. The molecule has 0 saturated carbocycles. The van der Waals surface area contributed by atoms with Crippen molar-refractivity contribution in [1.29, 1.82) is 0 Å². The van der Waals surface area contributed by atoms with E-state index >= 15 is 0 Å². The predicted molar refractivity (Wildman–Crippen MR) is 71.2 cm³/mol. The van der Waals surface area contributed by atoms with E-state index in [-0.39, 0.29) is 0 Å². The summed E-state index contributed by atoms with van der Waals surface area (Å²) < 4.78 is 0. The van der Waals surface area contributed by atoms with E-state index in [9.17, 15) is 0 Å². The van der Waals surface area contributed by atoms with Crippen LogP contribution in [0.1, 0.15) is 36.0 Å². The largest absolute Gasteiger partial charge is 0.308 e. The topological polar surface area (TPSA) is 63.8 Å². The molecule has 0 amide bonds. The third-order valence-corrected chi connectivity index (χ3v) is 4.41. The maximum atomic E-state index is 5.60. The predicted octanol–water partition coefficient (Wildman–Crippen LogP) is 2.42. The zero-order chi connectivity index (χ0) is 11.8. The summed E-state index contributed by atoms with van der Waals surface area (Å²) in [4.78, 5) is 11.7. The van der Waals surface area contributed by atoms with Gasteiger partial charge in [-0.1, -0.05) is 6.92 Å². The van der Waals surface area contributed by atoms with Gasteiger partial charge in [0.1, 0.15) is 10.7 Å². The van der Waals surface area contributed by atoms with Crippen LogP contribution in [0, 0.1) is 0 Å². The summed E-state index contributed by atoms with van der Waals surface area (Å²) in [6, 6.07) is 0. The molecule has 0 saturated heterocycles. The van der Waals surface area contributed by atoms with Crippen LogP contribution in [0.15, 0.2) is 0 Å². The van der Waals surface area contributed by atoms with E-state index in [0.29, 0.717) is 0 Å². The van der Waals surface area contributed by atoms with E-state index < -0.39 is 0 Å². The first-order valence-electron chi connectivity index (χ1n) is 6.11. The number of aromatic nitrogens is 2. The Morgan fingerprint density at radius 3 is 3.00 bits per heavy atom. The van der Waals surface area contributed by atoms with Crippen LogP contribution in [0.5, 0.6) is 0 Å². The van der Waals surface area contributed by atoms with Crippen LogP contribution < -0.4 is 11.3 Å². The smallest absolute Gasteiger partial charge is 0.152 e. The third-order valence-electron chi connectivity index (χ3n) is 3.22. The first-order chi connectivity index (χ1) is 8.33. The van der Waals surface area contributed by atoms with E-state index in [0.717, 1.165) is 41.1 Å². The highest BCUT2D eigenvalue weighted by molar-refractivity contribution is 7.19. The van der Waals surface area contributed by atoms with Gasteiger partial charge in [0.25, 0.3) is 0 Å². The number of aryl methyl sites for hydroxylation is 3. The number of hydrogen-bond donors (Lipinski definition) is 2. The summed E-state index contributed by atoms with van der Waals surface area (Å²) in [6.07, 6.45) is 5.54. The third kappa shape index (κ3) is 1.70. The number of fused-ring (bicyclic) bond motifs is 3. The number of thiophene rings is 1. The number of nitrogens with one attached hydrogen (secondary N) is 1. The Kier molecular flexibility index (Phi) is 2.72. The van der Waals surface area contributed by atoms with Gasteiger partial charge in [-0.25, -0.2) is 15.8 Å². The molecule has 0 bridgehead atoms. The molecule has 5 heteroatoms. The molecule has 0 spiro atoms. The Balaban J connectivity index is 2.22. The molecular formula is C12H16N4S. The lowest BCUT2D eigenvalue weighted by Gasteiger charge is -2.05. The Bertz CT molecular complexity index is 561. The summed E-state index contributed by atoms with van der Waals surface area (Å²) in [6.45, 7) is 2.14. The number of rotatable bonds is 3. The lowest BCUT2D eigenvalue weighted by Crippen LogP contribution is -2.11. The van der Waals surface area contributed by atoms with E-state index in [1.807, 2.05) is 11.3 Å². The fraction of sp³-hybridized carbons (Fsp3) is 0.500. The Hall–Kier alpha value is -1.20. The minimum Gasteiger partial charge on any atom is -0.308 e. The minimum absolute atomic E-state index is 0.804. The van der Waals surface area contributed by atoms with Crippen LogP contribution >= 0.6 is 11.3 Å². The zero-order valence-electron chi connectivity index (χ0n) is 9.92. The first-order valence-corrected chi connectivity index (χ1v) is 6.93. The molecule has 0 radical (unpaired) electrons. The van der Waals surface area contributed by atoms with Crippen LogP contribution in [0.2, 0.25) is 0 Å². The molecule has 0 atom stereocenters. The molecule has 3 N–H and O–H groups in total. The standard InChI is InChI=1S/C12H16N4S/c1-2-4-9-14-11(16-13)10-7-5-3-6-8(7)17-12(10)15-9/h2-6,13H2,1H3,(H,14,15,16). The van der Waals surface area contributed by atoms with E-state index in [4.69, 9.17) is 5.84 Å². The molecular weight excluding hydrogens is 232 g/mol. The van der Waals surface area contributed by atoms with Gasteiger partial charge in [-0.15, -0.1) is 11.3 Å². The van der Waals surface area contributed by atoms with Crippen molar-refractivity contribution >= 4 is 27.4 Å². The Labute approximate surface area is 104 Å². The van der Waals surface area contributed by atoms with E-state index in [1.54, 1.807) is 0 Å². The number of nitrogens with zero attached hydrogens (tertiary/aromatic N) is 2. The van der Waals surface area contributed by atoms with Crippen LogP contribution in [0.3, 0.4) is 0 Å². The van der Waals surface area contributed by atoms with Crippen molar-refractivity contribution in [2.24, 2.45) is 5.84 Å². The second-order valence-corrected chi connectivity index (χ2v) is 5.50. The van der Waals surface area contributed by atoms with Crippen molar-refractivity contribution in [3.8, 4) is 0 Å². The van der Waals surface area contributed by atoms with Crippen molar-refractivity contribution in [3.63, 3.8) is 0 Å². The molecule has 90 valence electrons. The van der Waals surface area contributed by atoms with Crippen LogP contribution in [0.25, 0.3) is 10.2 Å². The highest BCUT2D eigenvalue weighted by atomic mass is 32.1. The van der Waals surface area contributed by atoms with Crippen molar-refractivity contribution in [3.05, 3.63) is 16.3 Å². The van der Waals surface area contributed by atoms with Gasteiger partial charge in [0.15, 0.2) is 5.82 Å². The zero-order valence-corrected chi connectivity index (χ0v) is 10.7. The molecule has 2 aromatic rings. The van der Waals surface area contributed by atoms with Crippen molar-refractivity contribution < 1.29 is 0 Å². The molecule has 3 rings (SSSR count). The lowest BCUT2D eigenvalue weighted by molar-refractivity contribution is 0.845. The highest BCUT2D eigenvalue weighted by Crippen LogP contribution is 2.39. The van der Waals surface area contributed by atoms with Crippen molar-refractivity contribution in [2.75, 3.05) is 5.43 Å². The molecule has 0 aromatic carbocycles. The molecule has 0 fully saturated rings. The van der Waals surface area contributed by atoms with E-state index in [1.165, 1.54) is 23.3 Å². The number of anilines is 1. The van der Waals surface area contributed by atoms with Gasteiger partial charge in [-0.2, -0.15) is 0 Å². The maximum Gasteiger partial charge on any atom is 0.152 e. The van der Waals surface area contributed by atoms with Crippen molar-refractivity contribution in [2.45, 2.75) is 39.0 Å². The van der Waals surface area contributed by atoms with Gasteiger partial charge >= 0.3 is 0 Å². The molecule has 1 aliphatic carbocycles. The number of hydrazine groups is 1. The second kappa shape index (κ2) is 4.23. The van der Waals surface area contributed by atoms with Crippen LogP contribution in [-0.2, 0) is 19.3 Å². The molecule has 1 aliphatic rings. The van der Waals surface area contributed by atoms with Gasteiger partial charge in [-0.3, -0.25) is 0 Å². The van der Waals surface area contributed by atoms with Gasteiger partial charge in [0.2, 0.25) is 0 Å². The van der Waals surface area contributed by atoms with Gasteiger partial charge in [0, 0.05) is 11.3 Å². The Morgan fingerprint density at radius 1 is 1.35 bits per heavy atom. The summed E-state index contributed by atoms with van der Waals surface area (Å²) in [5.74, 6) is 7.30. The molecule has 4 nitrogen and oxygen atoms in total. The van der Waals surface area contributed by atoms with Gasteiger partial charge < -0.3 is 5.43 Å². The lowest BCUT2D eigenvalue weighted by atomic mass is 10.2. The molecule has 17 heavy (non-hydrogen) atoms. The molecule has 0 unspecified atom stereocenters. The van der Waals surface area contributed by atoms with Gasteiger partial charge in [-0.05, 0) is 31.2 Å². The monoisotopic (exact) mass is 248 g/mol. The molecule has 2 heterocycles. The molecule has 0 aliphatic heterocycles. The number of hydrogen-bond acceptors (Lipinski definition) is 5. The fourth-order valence-electron chi connectivity index (χ4n) is 2.48. The summed E-state index contributed by atoms with van der Waals surface area (Å²) in [5, 5.41) is 1.16. The summed E-state index contributed by atoms with van der Waals surface area (Å²) in [7, 11) is 0. The fourth-order valence-corrected chi connectivity index (χ4v) is 3.76. The number of nitrogen functional groups attached to an aromatic ring is 1. The second-order valence-electron chi connectivity index (χ2n) is 4.42. The van der Waals surface area contributed by atoms with Crippen LogP contribution in [0.4, 0.5) is 5.82 Å². The summed E-state index contributed by atoms with van der Waals surface area (Å²) >= 11 is 1.81. The van der Waals surface area contributed by atoms with Crippen molar-refractivity contribution in [1.82, 2.24) is 9.97 Å². The SMILES string of the molecule is CCCc1nc(NN)c2c3c(sc2n1)CCC3. The highest BCUT2D eigenvalue weighted by Gasteiger charge is 2.21. The van der Waals surface area contributed by atoms with Gasteiger partial charge in [0.05, 0.1) is 5.39 Å². The first kappa shape index (κ1) is 10.9. The quantitative estimate of drug-likeness (QED) is 0.647. The minimum atomic E-state index is 0.804. The van der Waals surface area contributed by atoms with E-state index in [2.05, 4.69) is 22.3 Å². The Morgan fingerprint density at radius 2 is 2.24 bits per heavy atom. The summed E-state index contributed by atoms with van der Waals surface area (Å²) in [5.41, 5.74) is 4.16. The van der Waals surface area contributed by atoms with Crippen LogP contribution in [-0.4, -0.2) is 9.97 Å². The average Bonchev–Trinajstić information content (AvgIpc) is 2.88. The normalized spacial score (nSPS) is 14.2.